The second-order valence-corrected chi connectivity index (χ2v) is 16.7. The Bertz CT molecular complexity index is 1830. The molecule has 2 aliphatic rings. The SMILES string of the molecule is CC(NC(=O)C1C=C(N(Cc2ccc(Br)cc2)S(C)(=O)=O)C=C(C(=O)N[C@H](CN[C@@H](C)C(=O)NCC2CC2)Cc2cscn2)C1)c1cccnc1. The highest BCUT2D eigenvalue weighted by atomic mass is 79.9. The lowest BCUT2D eigenvalue weighted by atomic mass is 9.90. The third kappa shape index (κ3) is 11.5. The third-order valence-electron chi connectivity index (χ3n) is 8.83. The van der Waals surface area contributed by atoms with Gasteiger partial charge in [0.15, 0.2) is 0 Å². The highest BCUT2D eigenvalue weighted by Gasteiger charge is 2.32. The molecule has 1 fully saturated rings. The van der Waals surface area contributed by atoms with Crippen LogP contribution >= 0.6 is 27.3 Å². The fourth-order valence-corrected chi connectivity index (χ4v) is 7.35. The van der Waals surface area contributed by atoms with Gasteiger partial charge in [-0.2, -0.15) is 0 Å². The van der Waals surface area contributed by atoms with Crippen molar-refractivity contribution in [2.24, 2.45) is 11.8 Å². The highest BCUT2D eigenvalue weighted by molar-refractivity contribution is 9.10. The second kappa shape index (κ2) is 17.5. The van der Waals surface area contributed by atoms with Gasteiger partial charge < -0.3 is 21.3 Å². The summed E-state index contributed by atoms with van der Waals surface area (Å²) in [5.41, 5.74) is 4.52. The molecule has 0 aliphatic heterocycles. The van der Waals surface area contributed by atoms with E-state index in [0.29, 0.717) is 18.9 Å². The van der Waals surface area contributed by atoms with E-state index >= 15 is 0 Å². The maximum Gasteiger partial charge on any atom is 0.247 e. The van der Waals surface area contributed by atoms with Crippen LogP contribution in [-0.2, 0) is 37.4 Å². The van der Waals surface area contributed by atoms with Crippen LogP contribution < -0.4 is 21.3 Å². The first-order valence-electron chi connectivity index (χ1n) is 16.9. The highest BCUT2D eigenvalue weighted by Crippen LogP contribution is 2.30. The quantitative estimate of drug-likeness (QED) is 0.159. The van der Waals surface area contributed by atoms with Gasteiger partial charge in [-0.05, 0) is 80.5 Å². The van der Waals surface area contributed by atoms with E-state index in [-0.39, 0.29) is 48.6 Å². The Labute approximate surface area is 311 Å². The molecular formula is C36H44BrN7O5S2. The minimum atomic E-state index is -3.85. The van der Waals surface area contributed by atoms with Crippen molar-refractivity contribution in [2.75, 3.05) is 19.3 Å². The Morgan fingerprint density at radius 2 is 1.86 bits per heavy atom. The van der Waals surface area contributed by atoms with Crippen molar-refractivity contribution < 1.29 is 22.8 Å². The molecule has 4 atom stereocenters. The van der Waals surface area contributed by atoms with Crippen LogP contribution in [0.15, 0.2) is 87.6 Å². The van der Waals surface area contributed by atoms with Crippen LogP contribution in [0.1, 0.15) is 56.0 Å². The van der Waals surface area contributed by atoms with Gasteiger partial charge in [-0.25, -0.2) is 13.4 Å². The van der Waals surface area contributed by atoms with Crippen LogP contribution in [0.2, 0.25) is 0 Å². The number of aromatic nitrogens is 2. The number of nitrogens with zero attached hydrogens (tertiary/aromatic N) is 3. The zero-order valence-electron chi connectivity index (χ0n) is 28.8. The average molecular weight is 799 g/mol. The Balaban J connectivity index is 1.38. The molecular weight excluding hydrogens is 754 g/mol. The van der Waals surface area contributed by atoms with Crippen LogP contribution in [0.25, 0.3) is 0 Å². The number of thiazole rings is 1. The molecule has 3 amide bonds. The molecule has 1 saturated carbocycles. The largest absolute Gasteiger partial charge is 0.354 e. The Kier molecular flexibility index (Phi) is 13.2. The summed E-state index contributed by atoms with van der Waals surface area (Å²) in [6.45, 7) is 4.57. The van der Waals surface area contributed by atoms with Gasteiger partial charge >= 0.3 is 0 Å². The second-order valence-electron chi connectivity index (χ2n) is 13.2. The minimum Gasteiger partial charge on any atom is -0.354 e. The van der Waals surface area contributed by atoms with Gasteiger partial charge in [-0.3, -0.25) is 23.7 Å². The van der Waals surface area contributed by atoms with E-state index < -0.39 is 33.9 Å². The molecule has 0 spiro atoms. The standard InChI is InChI=1S/C36H44BrN7O5S2/c1-23(27-5-4-12-38-18-27)42-35(46)28-13-29(15-33(14-28)44(51(3,48)49)20-26-8-10-30(37)11-9-26)36(47)43-31(16-32-21-50-22-41-32)19-39-24(2)34(45)40-17-25-6-7-25/h4-5,8-12,14-15,18,21-25,28,31,39H,6-7,13,16-17,19-20H2,1-3H3,(H,40,45)(H,42,46)(H,43,47)/t23?,24-,28?,31-/m0/s1. The van der Waals surface area contributed by atoms with Crippen molar-refractivity contribution in [3.8, 4) is 0 Å². The predicted molar refractivity (Wildman–Crippen MR) is 201 cm³/mol. The molecule has 2 unspecified atom stereocenters. The molecule has 2 aromatic heterocycles. The number of amides is 3. The Morgan fingerprint density at radius 1 is 1.10 bits per heavy atom. The van der Waals surface area contributed by atoms with Gasteiger partial charge in [0.1, 0.15) is 0 Å². The van der Waals surface area contributed by atoms with E-state index in [1.807, 2.05) is 42.6 Å². The zero-order valence-corrected chi connectivity index (χ0v) is 32.1. The van der Waals surface area contributed by atoms with Crippen molar-refractivity contribution in [3.63, 3.8) is 0 Å². The fraction of sp³-hybridized carbons (Fsp3) is 0.417. The minimum absolute atomic E-state index is 0.000835. The number of halogens is 1. The zero-order chi connectivity index (χ0) is 36.5. The predicted octanol–water partition coefficient (Wildman–Crippen LogP) is 4.00. The number of rotatable bonds is 17. The van der Waals surface area contributed by atoms with Crippen molar-refractivity contribution in [2.45, 2.75) is 64.2 Å². The van der Waals surface area contributed by atoms with Crippen molar-refractivity contribution in [1.82, 2.24) is 35.5 Å². The molecule has 15 heteroatoms. The van der Waals surface area contributed by atoms with E-state index in [4.69, 9.17) is 0 Å². The number of sulfonamides is 1. The fourth-order valence-electron chi connectivity index (χ4n) is 5.64. The number of nitrogens with one attached hydrogen (secondary N) is 4. The average Bonchev–Trinajstić information content (AvgIpc) is 3.81. The molecule has 2 aliphatic carbocycles. The molecule has 12 nitrogen and oxygen atoms in total. The third-order valence-corrected chi connectivity index (χ3v) is 11.1. The lowest BCUT2D eigenvalue weighted by molar-refractivity contribution is -0.124. The van der Waals surface area contributed by atoms with Gasteiger partial charge in [0.05, 0.1) is 42.0 Å². The molecule has 0 bridgehead atoms. The van der Waals surface area contributed by atoms with Crippen LogP contribution in [0.4, 0.5) is 0 Å². The van der Waals surface area contributed by atoms with Crippen molar-refractivity contribution in [3.05, 3.63) is 104 Å². The van der Waals surface area contributed by atoms with Crippen LogP contribution in [0, 0.1) is 11.8 Å². The van der Waals surface area contributed by atoms with E-state index in [2.05, 4.69) is 47.2 Å². The molecule has 3 aromatic rings. The number of hydrogen-bond donors (Lipinski definition) is 4. The summed E-state index contributed by atoms with van der Waals surface area (Å²) in [7, 11) is -3.85. The van der Waals surface area contributed by atoms with Gasteiger partial charge in [-0.1, -0.05) is 34.1 Å². The topological polar surface area (TPSA) is 162 Å². The van der Waals surface area contributed by atoms with Gasteiger partial charge in [0.2, 0.25) is 27.7 Å². The van der Waals surface area contributed by atoms with Gasteiger partial charge in [0, 0.05) is 59.1 Å². The van der Waals surface area contributed by atoms with E-state index in [9.17, 15) is 22.8 Å². The molecule has 0 saturated heterocycles. The molecule has 272 valence electrons. The van der Waals surface area contributed by atoms with E-state index in [1.165, 1.54) is 15.6 Å². The van der Waals surface area contributed by atoms with Crippen LogP contribution in [-0.4, -0.2) is 71.8 Å². The lowest BCUT2D eigenvalue weighted by Crippen LogP contribution is -2.50. The lowest BCUT2D eigenvalue weighted by Gasteiger charge is -2.30. The summed E-state index contributed by atoms with van der Waals surface area (Å²) in [6, 6.07) is 9.59. The number of carbonyl (C=O) groups is 3. The van der Waals surface area contributed by atoms with Crippen LogP contribution in [0.5, 0.6) is 0 Å². The number of carbonyl (C=O) groups excluding carboxylic acids is 3. The summed E-state index contributed by atoms with van der Waals surface area (Å²) in [5, 5.41) is 14.2. The summed E-state index contributed by atoms with van der Waals surface area (Å²) < 4.78 is 28.6. The first-order chi connectivity index (χ1) is 24.4. The number of pyridine rings is 1. The smallest absolute Gasteiger partial charge is 0.247 e. The summed E-state index contributed by atoms with van der Waals surface area (Å²) in [4.78, 5) is 49.1. The van der Waals surface area contributed by atoms with Crippen LogP contribution in [0.3, 0.4) is 0 Å². The number of hydrogen-bond acceptors (Lipinski definition) is 9. The summed E-state index contributed by atoms with van der Waals surface area (Å²) in [5.74, 6) is -1.19. The molecule has 2 heterocycles. The molecule has 4 N–H and O–H groups in total. The molecule has 0 radical (unpaired) electrons. The number of benzene rings is 1. The first-order valence-corrected chi connectivity index (χ1v) is 20.5. The first kappa shape index (κ1) is 38.3. The van der Waals surface area contributed by atoms with Gasteiger partial charge in [0.25, 0.3) is 0 Å². The normalized spacial score (nSPS) is 17.7. The molecule has 51 heavy (non-hydrogen) atoms. The van der Waals surface area contributed by atoms with E-state index in [0.717, 1.165) is 40.4 Å². The maximum absolute atomic E-state index is 14.1. The summed E-state index contributed by atoms with van der Waals surface area (Å²) in [6.07, 6.45) is 10.3. The number of allylic oxidation sites excluding steroid dienone is 1. The maximum atomic E-state index is 14.1. The molecule has 1 aromatic carbocycles. The van der Waals surface area contributed by atoms with Gasteiger partial charge in [-0.15, -0.1) is 11.3 Å². The Hall–Kier alpha value is -3.92. The van der Waals surface area contributed by atoms with Crippen molar-refractivity contribution in [1.29, 1.82) is 0 Å². The van der Waals surface area contributed by atoms with E-state index in [1.54, 1.807) is 43.0 Å². The molecule has 5 rings (SSSR count). The van der Waals surface area contributed by atoms with Crippen molar-refractivity contribution >= 4 is 55.0 Å². The Morgan fingerprint density at radius 3 is 2.51 bits per heavy atom. The monoisotopic (exact) mass is 797 g/mol. The summed E-state index contributed by atoms with van der Waals surface area (Å²) >= 11 is 4.86.